The number of hydrogen-bond donors (Lipinski definition) is 2. The zero-order valence-corrected chi connectivity index (χ0v) is 13.0. The Morgan fingerprint density at radius 1 is 1.24 bits per heavy atom. The maximum absolute atomic E-state index is 12.5. The smallest absolute Gasteiger partial charge is 0.325 e. The molecule has 116 valence electrons. The lowest BCUT2D eigenvalue weighted by molar-refractivity contribution is -0.135. The topological polar surface area (TPSA) is 81.1 Å². The number of carboxylic acid groups (broad SMARTS) is 1. The Balaban J connectivity index is 3.10. The lowest BCUT2D eigenvalue weighted by Crippen LogP contribution is -2.54. The molecule has 0 fully saturated rings. The number of rotatable bonds is 5. The van der Waals surface area contributed by atoms with Crippen LogP contribution in [0.25, 0.3) is 0 Å². The third kappa shape index (κ3) is 4.34. The second-order valence-corrected chi connectivity index (χ2v) is 5.70. The summed E-state index contributed by atoms with van der Waals surface area (Å²) in [6.07, 6.45) is 0. The van der Waals surface area contributed by atoms with Crippen molar-refractivity contribution in [2.75, 3.05) is 25.1 Å². The van der Waals surface area contributed by atoms with Gasteiger partial charge in [0, 0.05) is 17.8 Å². The first-order valence-corrected chi connectivity index (χ1v) is 6.70. The Morgan fingerprint density at radius 2 is 1.76 bits per heavy atom. The molecule has 0 unspecified atom stereocenters. The van der Waals surface area contributed by atoms with Crippen LogP contribution >= 0.6 is 11.6 Å². The van der Waals surface area contributed by atoms with Crippen molar-refractivity contribution in [2.45, 2.75) is 19.4 Å². The molecule has 0 saturated carbocycles. The summed E-state index contributed by atoms with van der Waals surface area (Å²) in [6.45, 7) is 2.65. The second kappa shape index (κ2) is 6.78. The molecule has 0 aromatic heterocycles. The molecule has 21 heavy (non-hydrogen) atoms. The molecule has 2 amide bonds. The average Bonchev–Trinajstić information content (AvgIpc) is 2.44. The number of nitrogens with zero attached hydrogens (tertiary/aromatic N) is 2. The summed E-state index contributed by atoms with van der Waals surface area (Å²) >= 11 is 5.80. The Morgan fingerprint density at radius 3 is 2.19 bits per heavy atom. The summed E-state index contributed by atoms with van der Waals surface area (Å²) in [5.41, 5.74) is -0.382. The summed E-state index contributed by atoms with van der Waals surface area (Å²) in [6, 6.07) is 5.79. The van der Waals surface area contributed by atoms with Gasteiger partial charge in [0.15, 0.2) is 0 Å². The number of hydrogen-bond acceptors (Lipinski definition) is 3. The first kappa shape index (κ1) is 17.3. The summed E-state index contributed by atoms with van der Waals surface area (Å²) in [5, 5.41) is 18.8. The van der Waals surface area contributed by atoms with Gasteiger partial charge < -0.3 is 15.1 Å². The number of halogens is 1. The van der Waals surface area contributed by atoms with E-state index in [9.17, 15) is 14.7 Å². The van der Waals surface area contributed by atoms with E-state index in [-0.39, 0.29) is 6.61 Å². The molecule has 0 saturated heterocycles. The first-order chi connectivity index (χ1) is 9.69. The molecule has 0 heterocycles. The molecular weight excluding hydrogens is 296 g/mol. The SMILES string of the molecule is CN(C(=O)N(CC(=O)O)c1ccc(Cl)cc1)C(C)(C)CO. The van der Waals surface area contributed by atoms with Crippen molar-refractivity contribution in [3.8, 4) is 0 Å². The molecule has 1 aromatic rings. The van der Waals surface area contributed by atoms with Crippen molar-refractivity contribution in [1.82, 2.24) is 4.90 Å². The first-order valence-electron chi connectivity index (χ1n) is 6.32. The molecule has 6 nitrogen and oxygen atoms in total. The predicted molar refractivity (Wildman–Crippen MR) is 80.8 cm³/mol. The van der Waals surface area contributed by atoms with Gasteiger partial charge in [-0.1, -0.05) is 11.6 Å². The number of benzene rings is 1. The monoisotopic (exact) mass is 314 g/mol. The van der Waals surface area contributed by atoms with E-state index >= 15 is 0 Å². The van der Waals surface area contributed by atoms with Gasteiger partial charge in [0.05, 0.1) is 12.1 Å². The summed E-state index contributed by atoms with van der Waals surface area (Å²) in [7, 11) is 1.52. The highest BCUT2D eigenvalue weighted by atomic mass is 35.5. The molecule has 7 heteroatoms. The van der Waals surface area contributed by atoms with Gasteiger partial charge in [0.1, 0.15) is 6.54 Å². The van der Waals surface area contributed by atoms with Crippen LogP contribution in [0.5, 0.6) is 0 Å². The van der Waals surface area contributed by atoms with Crippen molar-refractivity contribution in [1.29, 1.82) is 0 Å². The average molecular weight is 315 g/mol. The molecule has 0 radical (unpaired) electrons. The van der Waals surface area contributed by atoms with Gasteiger partial charge in [-0.25, -0.2) is 4.79 Å². The Kier molecular flexibility index (Phi) is 5.57. The molecule has 2 N–H and O–H groups in total. The third-order valence-corrected chi connectivity index (χ3v) is 3.50. The van der Waals surface area contributed by atoms with Crippen molar-refractivity contribution in [3.05, 3.63) is 29.3 Å². The lowest BCUT2D eigenvalue weighted by Gasteiger charge is -2.37. The quantitative estimate of drug-likeness (QED) is 0.871. The number of urea groups is 1. The Labute approximate surface area is 128 Å². The van der Waals surface area contributed by atoms with Crippen molar-refractivity contribution in [3.63, 3.8) is 0 Å². The molecular formula is C14H19ClN2O4. The van der Waals surface area contributed by atoms with Crippen LogP contribution in [-0.2, 0) is 4.79 Å². The zero-order valence-electron chi connectivity index (χ0n) is 12.2. The van der Waals surface area contributed by atoms with Crippen LogP contribution in [0, 0.1) is 0 Å². The number of aliphatic hydroxyl groups excluding tert-OH is 1. The normalized spacial score (nSPS) is 11.1. The highest BCUT2D eigenvalue weighted by molar-refractivity contribution is 6.30. The van der Waals surface area contributed by atoms with E-state index in [2.05, 4.69) is 0 Å². The van der Waals surface area contributed by atoms with E-state index in [0.29, 0.717) is 10.7 Å². The van der Waals surface area contributed by atoms with Crippen molar-refractivity contribution < 1.29 is 19.8 Å². The minimum absolute atomic E-state index is 0.239. The van der Waals surface area contributed by atoms with E-state index in [0.717, 1.165) is 4.90 Å². The number of anilines is 1. The van der Waals surface area contributed by atoms with Crippen LogP contribution in [0.4, 0.5) is 10.5 Å². The standard InChI is InChI=1S/C14H19ClN2O4/c1-14(2,9-18)16(3)13(21)17(8-12(19)20)11-6-4-10(15)5-7-11/h4-7,18H,8-9H2,1-3H3,(H,19,20). The Hall–Kier alpha value is -1.79. The van der Waals surface area contributed by atoms with E-state index in [1.807, 2.05) is 0 Å². The van der Waals surface area contributed by atoms with Crippen LogP contribution in [-0.4, -0.2) is 52.9 Å². The van der Waals surface area contributed by atoms with Crippen LogP contribution in [0.15, 0.2) is 24.3 Å². The van der Waals surface area contributed by atoms with Gasteiger partial charge in [0.25, 0.3) is 0 Å². The third-order valence-electron chi connectivity index (χ3n) is 3.24. The minimum Gasteiger partial charge on any atom is -0.480 e. The molecule has 1 aromatic carbocycles. The predicted octanol–water partition coefficient (Wildman–Crippen LogP) is 2.05. The fraction of sp³-hybridized carbons (Fsp3) is 0.429. The van der Waals surface area contributed by atoms with Crippen LogP contribution in [0.1, 0.15) is 13.8 Å². The number of aliphatic carboxylic acids is 1. The van der Waals surface area contributed by atoms with Gasteiger partial charge >= 0.3 is 12.0 Å². The molecule has 0 aliphatic rings. The number of carbonyl (C=O) groups is 2. The number of likely N-dealkylation sites (N-methyl/N-ethyl adjacent to an activating group) is 1. The van der Waals surface area contributed by atoms with E-state index in [1.54, 1.807) is 38.1 Å². The van der Waals surface area contributed by atoms with Gasteiger partial charge in [-0.05, 0) is 38.1 Å². The van der Waals surface area contributed by atoms with Crippen molar-refractivity contribution >= 4 is 29.3 Å². The van der Waals surface area contributed by atoms with Gasteiger partial charge in [0.2, 0.25) is 0 Å². The van der Waals surface area contributed by atoms with Gasteiger partial charge in [-0.15, -0.1) is 0 Å². The fourth-order valence-electron chi connectivity index (χ4n) is 1.57. The number of aliphatic hydroxyl groups is 1. The van der Waals surface area contributed by atoms with Crippen LogP contribution in [0.3, 0.4) is 0 Å². The molecule has 1 rings (SSSR count). The molecule has 0 aliphatic heterocycles. The van der Waals surface area contributed by atoms with Crippen LogP contribution in [0.2, 0.25) is 5.02 Å². The van der Waals surface area contributed by atoms with Crippen LogP contribution < -0.4 is 4.90 Å². The Bertz CT molecular complexity index is 516. The minimum atomic E-state index is -1.13. The summed E-state index contributed by atoms with van der Waals surface area (Å²) in [4.78, 5) is 26.0. The molecule has 0 aliphatic carbocycles. The fourth-order valence-corrected chi connectivity index (χ4v) is 1.70. The molecule has 0 atom stereocenters. The lowest BCUT2D eigenvalue weighted by atomic mass is 10.1. The van der Waals surface area contributed by atoms with Gasteiger partial charge in [-0.2, -0.15) is 0 Å². The van der Waals surface area contributed by atoms with E-state index in [1.165, 1.54) is 11.9 Å². The van der Waals surface area contributed by atoms with Gasteiger partial charge in [-0.3, -0.25) is 9.69 Å². The highest BCUT2D eigenvalue weighted by Gasteiger charge is 2.31. The van der Waals surface area contributed by atoms with E-state index < -0.39 is 24.1 Å². The summed E-state index contributed by atoms with van der Waals surface area (Å²) in [5.74, 6) is -1.13. The second-order valence-electron chi connectivity index (χ2n) is 5.27. The number of carbonyl (C=O) groups excluding carboxylic acids is 1. The molecule has 0 bridgehead atoms. The maximum atomic E-state index is 12.5. The van der Waals surface area contributed by atoms with Crippen molar-refractivity contribution in [2.24, 2.45) is 0 Å². The largest absolute Gasteiger partial charge is 0.480 e. The maximum Gasteiger partial charge on any atom is 0.325 e. The van der Waals surface area contributed by atoms with E-state index in [4.69, 9.17) is 16.7 Å². The highest BCUT2D eigenvalue weighted by Crippen LogP contribution is 2.21. The molecule has 0 spiro atoms. The number of carboxylic acids is 1. The summed E-state index contributed by atoms with van der Waals surface area (Å²) < 4.78 is 0. The zero-order chi connectivity index (χ0) is 16.2. The number of amides is 2.